The van der Waals surface area contributed by atoms with Crippen molar-refractivity contribution in [1.82, 2.24) is 10.2 Å². The third-order valence-corrected chi connectivity index (χ3v) is 3.21. The molecule has 3 N–H and O–H groups in total. The van der Waals surface area contributed by atoms with E-state index in [1.54, 1.807) is 6.92 Å². The highest BCUT2D eigenvalue weighted by molar-refractivity contribution is 5.53. The van der Waals surface area contributed by atoms with Gasteiger partial charge in [-0.15, -0.1) is 5.10 Å². The number of nitrogens with zero attached hydrogens (tertiary/aromatic N) is 3. The van der Waals surface area contributed by atoms with Crippen molar-refractivity contribution < 1.29 is 14.1 Å². The minimum Gasteiger partial charge on any atom is -0.420 e. The second kappa shape index (κ2) is 4.38. The SMILES string of the molecule is Cc1[nH]nc2c1[C@H](c1ccc([N+](=O)[O-])o1)C(C#N)=C(N)O2. The van der Waals surface area contributed by atoms with E-state index >= 15 is 0 Å². The third-order valence-electron chi connectivity index (χ3n) is 3.21. The molecule has 0 saturated heterocycles. The monoisotopic (exact) mass is 287 g/mol. The van der Waals surface area contributed by atoms with Gasteiger partial charge in [0.1, 0.15) is 22.3 Å². The van der Waals surface area contributed by atoms with Gasteiger partial charge in [-0.05, 0) is 13.0 Å². The van der Waals surface area contributed by atoms with Crippen molar-refractivity contribution in [1.29, 1.82) is 5.26 Å². The molecule has 9 nitrogen and oxygen atoms in total. The number of aryl methyl sites for hydroxylation is 1. The van der Waals surface area contributed by atoms with Gasteiger partial charge in [0.05, 0.1) is 17.5 Å². The summed E-state index contributed by atoms with van der Waals surface area (Å²) < 4.78 is 10.5. The number of nitro groups is 1. The first-order chi connectivity index (χ1) is 10.0. The van der Waals surface area contributed by atoms with Gasteiger partial charge in [0.15, 0.2) is 0 Å². The van der Waals surface area contributed by atoms with E-state index in [0.717, 1.165) is 0 Å². The molecule has 2 aromatic heterocycles. The number of allylic oxidation sites excluding steroid dienone is 1. The zero-order chi connectivity index (χ0) is 15.1. The Balaban J connectivity index is 2.19. The molecular formula is C12H9N5O4. The molecule has 3 rings (SSSR count). The summed E-state index contributed by atoms with van der Waals surface area (Å²) in [5.74, 6) is -0.731. The maximum absolute atomic E-state index is 10.7. The van der Waals surface area contributed by atoms with Crippen LogP contribution >= 0.6 is 0 Å². The Morgan fingerprint density at radius 1 is 1.57 bits per heavy atom. The van der Waals surface area contributed by atoms with Crippen LogP contribution in [0.5, 0.6) is 5.88 Å². The van der Waals surface area contributed by atoms with Crippen molar-refractivity contribution in [3.63, 3.8) is 0 Å². The summed E-state index contributed by atoms with van der Waals surface area (Å²) in [5.41, 5.74) is 7.07. The summed E-state index contributed by atoms with van der Waals surface area (Å²) in [4.78, 5) is 10.1. The Morgan fingerprint density at radius 3 is 2.95 bits per heavy atom. The number of furan rings is 1. The molecule has 0 aromatic carbocycles. The highest BCUT2D eigenvalue weighted by atomic mass is 16.6. The second-order valence-corrected chi connectivity index (χ2v) is 4.43. The van der Waals surface area contributed by atoms with Gasteiger partial charge < -0.3 is 14.9 Å². The molecule has 21 heavy (non-hydrogen) atoms. The number of hydrogen-bond acceptors (Lipinski definition) is 7. The molecule has 0 fully saturated rings. The fourth-order valence-corrected chi connectivity index (χ4v) is 2.28. The van der Waals surface area contributed by atoms with Crippen LogP contribution in [0.4, 0.5) is 5.88 Å². The Labute approximate surface area is 117 Å². The minimum absolute atomic E-state index is 0.0967. The number of aromatic amines is 1. The molecule has 1 aliphatic heterocycles. The number of rotatable bonds is 2. The first kappa shape index (κ1) is 12.7. The van der Waals surface area contributed by atoms with Gasteiger partial charge in [0.2, 0.25) is 11.8 Å². The summed E-state index contributed by atoms with van der Waals surface area (Å²) in [7, 11) is 0. The number of fused-ring (bicyclic) bond motifs is 1. The van der Waals surface area contributed by atoms with Crippen molar-refractivity contribution in [2.75, 3.05) is 0 Å². The highest BCUT2D eigenvalue weighted by Crippen LogP contribution is 2.43. The predicted molar refractivity (Wildman–Crippen MR) is 68.0 cm³/mol. The molecule has 0 bridgehead atoms. The fraction of sp³-hybridized carbons (Fsp3) is 0.167. The number of aromatic nitrogens is 2. The van der Waals surface area contributed by atoms with Gasteiger partial charge >= 0.3 is 5.88 Å². The second-order valence-electron chi connectivity index (χ2n) is 4.43. The zero-order valence-corrected chi connectivity index (χ0v) is 10.8. The van der Waals surface area contributed by atoms with Gasteiger partial charge in [-0.1, -0.05) is 0 Å². The number of nitriles is 1. The van der Waals surface area contributed by atoms with E-state index in [1.165, 1.54) is 12.1 Å². The van der Waals surface area contributed by atoms with Gasteiger partial charge in [-0.2, -0.15) is 5.26 Å². The molecule has 0 spiro atoms. The summed E-state index contributed by atoms with van der Waals surface area (Å²) in [5, 5.41) is 26.7. The lowest BCUT2D eigenvalue weighted by Gasteiger charge is -2.21. The number of ether oxygens (including phenoxy) is 1. The molecule has 106 valence electrons. The number of nitrogens with two attached hydrogens (primary N) is 1. The van der Waals surface area contributed by atoms with Gasteiger partial charge in [0.25, 0.3) is 0 Å². The van der Waals surface area contributed by atoms with Crippen LogP contribution in [0.25, 0.3) is 0 Å². The fourth-order valence-electron chi connectivity index (χ4n) is 2.28. The average Bonchev–Trinajstić information content (AvgIpc) is 3.05. The largest absolute Gasteiger partial charge is 0.433 e. The standard InChI is InChI=1S/C12H9N5O4/c1-5-9-10(7-2-3-8(20-7)17(18)19)6(4-13)11(14)21-12(9)16-15-5/h2-3,10H,14H2,1H3,(H,15,16)/t10-/m0/s1. The smallest absolute Gasteiger partial charge is 0.420 e. The van der Waals surface area contributed by atoms with Crippen molar-refractivity contribution in [2.24, 2.45) is 5.73 Å². The molecule has 0 amide bonds. The van der Waals surface area contributed by atoms with Crippen LogP contribution in [-0.4, -0.2) is 15.1 Å². The van der Waals surface area contributed by atoms with E-state index < -0.39 is 16.7 Å². The zero-order valence-electron chi connectivity index (χ0n) is 10.8. The molecule has 1 atom stereocenters. The molecule has 0 saturated carbocycles. The molecular weight excluding hydrogens is 278 g/mol. The summed E-state index contributed by atoms with van der Waals surface area (Å²) >= 11 is 0. The van der Waals surface area contributed by atoms with Crippen LogP contribution in [0.1, 0.15) is 22.9 Å². The summed E-state index contributed by atoms with van der Waals surface area (Å²) in [6.45, 7) is 1.75. The van der Waals surface area contributed by atoms with E-state index in [2.05, 4.69) is 10.2 Å². The van der Waals surface area contributed by atoms with Crippen LogP contribution < -0.4 is 10.5 Å². The Hall–Kier alpha value is -3.28. The summed E-state index contributed by atoms with van der Waals surface area (Å²) in [6, 6.07) is 4.62. The van der Waals surface area contributed by atoms with Crippen LogP contribution in [0.2, 0.25) is 0 Å². The molecule has 9 heteroatoms. The summed E-state index contributed by atoms with van der Waals surface area (Å²) in [6.07, 6.45) is 0. The van der Waals surface area contributed by atoms with Crippen LogP contribution in [0, 0.1) is 28.4 Å². The number of nitrogens with one attached hydrogen (secondary N) is 1. The molecule has 0 radical (unpaired) electrons. The quantitative estimate of drug-likeness (QED) is 0.627. The van der Waals surface area contributed by atoms with Crippen molar-refractivity contribution in [3.8, 4) is 11.9 Å². The lowest BCUT2D eigenvalue weighted by atomic mass is 9.88. The average molecular weight is 287 g/mol. The normalized spacial score (nSPS) is 17.0. The first-order valence-electron chi connectivity index (χ1n) is 5.89. The maximum atomic E-state index is 10.7. The van der Waals surface area contributed by atoms with E-state index in [4.69, 9.17) is 14.9 Å². The highest BCUT2D eigenvalue weighted by Gasteiger charge is 2.36. The van der Waals surface area contributed by atoms with Crippen LogP contribution in [0.15, 0.2) is 28.0 Å². The molecule has 1 aliphatic rings. The lowest BCUT2D eigenvalue weighted by molar-refractivity contribution is -0.402. The Bertz CT molecular complexity index is 810. The van der Waals surface area contributed by atoms with E-state index in [1.807, 2.05) is 6.07 Å². The number of H-pyrrole nitrogens is 1. The van der Waals surface area contributed by atoms with Crippen LogP contribution in [0.3, 0.4) is 0 Å². The predicted octanol–water partition coefficient (Wildman–Crippen LogP) is 1.44. The van der Waals surface area contributed by atoms with Crippen molar-refractivity contribution in [3.05, 3.63) is 50.7 Å². The molecule has 2 aromatic rings. The molecule has 0 unspecified atom stereocenters. The van der Waals surface area contributed by atoms with E-state index in [9.17, 15) is 15.4 Å². The maximum Gasteiger partial charge on any atom is 0.433 e. The Morgan fingerprint density at radius 2 is 2.33 bits per heavy atom. The number of hydrogen-bond donors (Lipinski definition) is 2. The van der Waals surface area contributed by atoms with Crippen molar-refractivity contribution >= 4 is 5.88 Å². The minimum atomic E-state index is -0.689. The topological polar surface area (TPSA) is 144 Å². The van der Waals surface area contributed by atoms with Gasteiger partial charge in [-0.25, -0.2) is 0 Å². The van der Waals surface area contributed by atoms with Crippen molar-refractivity contribution in [2.45, 2.75) is 12.8 Å². The van der Waals surface area contributed by atoms with E-state index in [0.29, 0.717) is 11.3 Å². The molecule has 0 aliphatic carbocycles. The van der Waals surface area contributed by atoms with Gasteiger partial charge in [-0.3, -0.25) is 15.2 Å². The molecule has 3 heterocycles. The lowest BCUT2D eigenvalue weighted by Crippen LogP contribution is -2.20. The Kier molecular flexibility index (Phi) is 2.66. The first-order valence-corrected chi connectivity index (χ1v) is 5.89. The van der Waals surface area contributed by atoms with E-state index in [-0.39, 0.29) is 23.1 Å². The third kappa shape index (κ3) is 1.81. The van der Waals surface area contributed by atoms with Crippen LogP contribution in [-0.2, 0) is 0 Å². The van der Waals surface area contributed by atoms with Gasteiger partial charge in [0, 0.05) is 5.69 Å².